The van der Waals surface area contributed by atoms with Crippen molar-refractivity contribution >= 4 is 43.5 Å². The molecule has 0 aliphatic rings. The molecule has 0 aliphatic heterocycles. The first kappa shape index (κ1) is 33.0. The Labute approximate surface area is 269 Å². The molecule has 1 atom stereocenters. The van der Waals surface area contributed by atoms with Gasteiger partial charge in [0, 0.05) is 23.5 Å². The summed E-state index contributed by atoms with van der Waals surface area (Å²) < 4.78 is 30.4. The Balaban J connectivity index is 1.82. The van der Waals surface area contributed by atoms with Gasteiger partial charge in [0.05, 0.1) is 10.6 Å². The average Bonchev–Trinajstić information content (AvgIpc) is 3.02. The van der Waals surface area contributed by atoms with Gasteiger partial charge in [0.2, 0.25) is 11.8 Å². The molecule has 1 N–H and O–H groups in total. The van der Waals surface area contributed by atoms with Crippen LogP contribution in [0.3, 0.4) is 0 Å². The van der Waals surface area contributed by atoms with Crippen molar-refractivity contribution < 1.29 is 18.0 Å². The predicted molar refractivity (Wildman–Crippen MR) is 179 cm³/mol. The highest BCUT2D eigenvalue weighted by Gasteiger charge is 2.35. The number of hydrogen-bond acceptors (Lipinski definition) is 4. The van der Waals surface area contributed by atoms with Gasteiger partial charge >= 0.3 is 0 Å². The van der Waals surface area contributed by atoms with E-state index in [0.29, 0.717) is 12.1 Å². The second-order valence-corrected chi connectivity index (χ2v) is 13.6. The molecule has 0 saturated carbocycles. The molecule has 0 aliphatic carbocycles. The molecule has 230 valence electrons. The molecule has 44 heavy (non-hydrogen) atoms. The van der Waals surface area contributed by atoms with E-state index < -0.39 is 28.5 Å². The van der Waals surface area contributed by atoms with Gasteiger partial charge in [0.25, 0.3) is 10.0 Å². The Hall–Kier alpha value is -3.95. The van der Waals surface area contributed by atoms with E-state index in [1.165, 1.54) is 21.3 Å². The maximum atomic E-state index is 14.5. The van der Waals surface area contributed by atoms with Gasteiger partial charge in [-0.1, -0.05) is 102 Å². The summed E-state index contributed by atoms with van der Waals surface area (Å²) in [6.07, 6.45) is 0.833. The van der Waals surface area contributed by atoms with Crippen LogP contribution in [-0.4, -0.2) is 43.8 Å². The maximum Gasteiger partial charge on any atom is 0.264 e. The zero-order valence-electron chi connectivity index (χ0n) is 25.2. The number of carbonyl (C=O) groups excluding carboxylic acids is 2. The van der Waals surface area contributed by atoms with E-state index in [4.69, 9.17) is 0 Å². The molecule has 0 radical (unpaired) electrons. The third kappa shape index (κ3) is 8.36. The van der Waals surface area contributed by atoms with Crippen LogP contribution in [0.1, 0.15) is 37.5 Å². The molecule has 0 heterocycles. The number of nitrogens with zero attached hydrogens (tertiary/aromatic N) is 2. The first-order valence-corrected chi connectivity index (χ1v) is 16.9. The van der Waals surface area contributed by atoms with Crippen molar-refractivity contribution in [2.75, 3.05) is 10.8 Å². The molecule has 0 spiro atoms. The summed E-state index contributed by atoms with van der Waals surface area (Å²) in [5, 5.41) is 2.98. The second kappa shape index (κ2) is 15.2. The summed E-state index contributed by atoms with van der Waals surface area (Å²) in [7, 11) is -4.14. The number of carbonyl (C=O) groups is 2. The number of sulfonamides is 1. The van der Waals surface area contributed by atoms with Gasteiger partial charge in [0.15, 0.2) is 0 Å². The minimum Gasteiger partial charge on any atom is -0.352 e. The summed E-state index contributed by atoms with van der Waals surface area (Å²) in [5.74, 6) is -0.793. The van der Waals surface area contributed by atoms with Crippen LogP contribution < -0.4 is 9.62 Å². The van der Waals surface area contributed by atoms with Crippen molar-refractivity contribution in [2.24, 2.45) is 0 Å². The topological polar surface area (TPSA) is 86.8 Å². The van der Waals surface area contributed by atoms with Gasteiger partial charge in [-0.3, -0.25) is 13.9 Å². The smallest absolute Gasteiger partial charge is 0.264 e. The lowest BCUT2D eigenvalue weighted by atomic mass is 10.0. The van der Waals surface area contributed by atoms with Gasteiger partial charge in [0.1, 0.15) is 12.6 Å². The highest BCUT2D eigenvalue weighted by atomic mass is 79.9. The van der Waals surface area contributed by atoms with E-state index in [1.54, 1.807) is 30.3 Å². The van der Waals surface area contributed by atoms with Gasteiger partial charge in [-0.05, 0) is 67.3 Å². The van der Waals surface area contributed by atoms with Crippen molar-refractivity contribution in [3.8, 4) is 0 Å². The van der Waals surface area contributed by atoms with Crippen LogP contribution >= 0.6 is 15.9 Å². The minimum absolute atomic E-state index is 0.0801. The lowest BCUT2D eigenvalue weighted by molar-refractivity contribution is -0.140. The lowest BCUT2D eigenvalue weighted by Crippen LogP contribution is -2.54. The summed E-state index contributed by atoms with van der Waals surface area (Å²) in [6.45, 7) is 5.32. The van der Waals surface area contributed by atoms with Gasteiger partial charge in [-0.15, -0.1) is 0 Å². The average molecular weight is 677 g/mol. The number of para-hydroxylation sites is 1. The first-order valence-electron chi connectivity index (χ1n) is 14.6. The fraction of sp³-hybridized carbons (Fsp3) is 0.257. The molecule has 4 aromatic carbocycles. The second-order valence-electron chi connectivity index (χ2n) is 10.8. The fourth-order valence-corrected chi connectivity index (χ4v) is 6.74. The highest BCUT2D eigenvalue weighted by Crippen LogP contribution is 2.28. The van der Waals surface area contributed by atoms with Gasteiger partial charge < -0.3 is 10.2 Å². The Morgan fingerprint density at radius 1 is 0.795 bits per heavy atom. The normalized spacial score (nSPS) is 12.0. The van der Waals surface area contributed by atoms with Crippen LogP contribution in [0.4, 0.5) is 5.69 Å². The first-order chi connectivity index (χ1) is 21.1. The molecular weight excluding hydrogens is 638 g/mol. The molecule has 4 rings (SSSR count). The van der Waals surface area contributed by atoms with Crippen molar-refractivity contribution in [1.82, 2.24) is 10.2 Å². The highest BCUT2D eigenvalue weighted by molar-refractivity contribution is 9.10. The van der Waals surface area contributed by atoms with Crippen LogP contribution in [0.5, 0.6) is 0 Å². The van der Waals surface area contributed by atoms with Crippen molar-refractivity contribution in [2.45, 2.75) is 57.1 Å². The van der Waals surface area contributed by atoms with E-state index in [2.05, 4.69) is 21.2 Å². The quantitative estimate of drug-likeness (QED) is 0.178. The molecule has 0 unspecified atom stereocenters. The predicted octanol–water partition coefficient (Wildman–Crippen LogP) is 6.37. The number of amides is 2. The molecule has 0 aromatic heterocycles. The number of halogens is 1. The Morgan fingerprint density at radius 3 is 2.00 bits per heavy atom. The molecule has 4 aromatic rings. The van der Waals surface area contributed by atoms with Crippen molar-refractivity contribution in [3.63, 3.8) is 0 Å². The molecule has 2 amide bonds. The summed E-state index contributed by atoms with van der Waals surface area (Å²) in [6, 6.07) is 31.3. The number of rotatable bonds is 13. The number of aryl methyl sites for hydroxylation is 1. The van der Waals surface area contributed by atoms with Gasteiger partial charge in [-0.2, -0.15) is 0 Å². The third-order valence-corrected chi connectivity index (χ3v) is 9.52. The van der Waals surface area contributed by atoms with Crippen LogP contribution in [-0.2, 0) is 39.0 Å². The molecule has 9 heteroatoms. The molecule has 0 fully saturated rings. The third-order valence-electron chi connectivity index (χ3n) is 7.22. The molecule has 0 bridgehead atoms. The van der Waals surface area contributed by atoms with Crippen LogP contribution in [0.15, 0.2) is 119 Å². The number of nitrogens with one attached hydrogen (secondary N) is 1. The standard InChI is InChI=1S/C35H38BrN3O4S/c1-4-29-15-11-12-18-32(29)39(44(42,43)31-16-9-6-10-17-31)25-34(40)38(24-28-19-21-30(36)22-20-28)33(35(41)37-26(2)3)23-27-13-7-5-8-14-27/h5-22,26,33H,4,23-25H2,1-3H3,(H,37,41)/t33-/m0/s1. The largest absolute Gasteiger partial charge is 0.352 e. The van der Waals surface area contributed by atoms with E-state index in [0.717, 1.165) is 21.2 Å². The van der Waals surface area contributed by atoms with Crippen LogP contribution in [0.2, 0.25) is 0 Å². The summed E-state index contributed by atoms with van der Waals surface area (Å²) >= 11 is 3.46. The summed E-state index contributed by atoms with van der Waals surface area (Å²) in [4.78, 5) is 29.9. The number of anilines is 1. The fourth-order valence-electron chi connectivity index (χ4n) is 5.01. The van der Waals surface area contributed by atoms with E-state index in [9.17, 15) is 18.0 Å². The SMILES string of the molecule is CCc1ccccc1N(CC(=O)N(Cc1ccc(Br)cc1)[C@@H](Cc1ccccc1)C(=O)NC(C)C)S(=O)(=O)c1ccccc1. The number of benzene rings is 4. The molecule has 0 saturated heterocycles. The van der Waals surface area contributed by atoms with Crippen LogP contribution in [0.25, 0.3) is 0 Å². The van der Waals surface area contributed by atoms with Crippen molar-refractivity contribution in [1.29, 1.82) is 0 Å². The zero-order chi connectivity index (χ0) is 31.7. The zero-order valence-corrected chi connectivity index (χ0v) is 27.6. The number of hydrogen-bond donors (Lipinski definition) is 1. The Kier molecular flexibility index (Phi) is 11.4. The Bertz CT molecular complexity index is 1650. The van der Waals surface area contributed by atoms with E-state index >= 15 is 0 Å². The van der Waals surface area contributed by atoms with E-state index in [1.807, 2.05) is 87.5 Å². The molecule has 7 nitrogen and oxygen atoms in total. The van der Waals surface area contributed by atoms with Gasteiger partial charge in [-0.25, -0.2) is 8.42 Å². The molecular formula is C35H38BrN3O4S. The maximum absolute atomic E-state index is 14.5. The summed E-state index contributed by atoms with van der Waals surface area (Å²) in [5.41, 5.74) is 2.91. The Morgan fingerprint density at radius 2 is 1.39 bits per heavy atom. The van der Waals surface area contributed by atoms with Crippen molar-refractivity contribution in [3.05, 3.63) is 130 Å². The van der Waals surface area contributed by atoms with Crippen LogP contribution in [0, 0.1) is 0 Å². The van der Waals surface area contributed by atoms with E-state index in [-0.39, 0.29) is 29.8 Å². The minimum atomic E-state index is -4.14. The monoisotopic (exact) mass is 675 g/mol. The lowest BCUT2D eigenvalue weighted by Gasteiger charge is -2.34.